The topological polar surface area (TPSA) is 67.7 Å². The Morgan fingerprint density at radius 2 is 1.64 bits per heavy atom. The van der Waals surface area contributed by atoms with Gasteiger partial charge in [0.1, 0.15) is 25.0 Å². The van der Waals surface area contributed by atoms with Crippen molar-refractivity contribution in [2.45, 2.75) is 63.6 Å². The van der Waals surface area contributed by atoms with Gasteiger partial charge in [0.2, 0.25) is 0 Å². The van der Waals surface area contributed by atoms with Gasteiger partial charge in [-0.05, 0) is 22.3 Å². The molecule has 5 atom stereocenters. The third kappa shape index (κ3) is 5.43. The van der Waals surface area contributed by atoms with Gasteiger partial charge in [-0.3, -0.25) is 0 Å². The van der Waals surface area contributed by atoms with Crippen molar-refractivity contribution >= 4 is 47.0 Å². The van der Waals surface area contributed by atoms with Gasteiger partial charge in [-0.25, -0.2) is 0 Å². The van der Waals surface area contributed by atoms with Crippen molar-refractivity contribution in [1.29, 1.82) is 0 Å². The monoisotopic (exact) mass is 625 g/mol. The summed E-state index contributed by atoms with van der Waals surface area (Å²) in [5.41, 5.74) is 0.638. The maximum absolute atomic E-state index is 7.42. The van der Waals surface area contributed by atoms with Gasteiger partial charge < -0.3 is 28.2 Å². The molecular formula is C27H36INO6Si. The van der Waals surface area contributed by atoms with E-state index >= 15 is 0 Å². The van der Waals surface area contributed by atoms with Crippen LogP contribution in [0.4, 0.5) is 0 Å². The van der Waals surface area contributed by atoms with Crippen LogP contribution in [0.25, 0.3) is 0 Å². The molecule has 36 heavy (non-hydrogen) atoms. The first-order valence-corrected chi connectivity index (χ1v) is 15.8. The predicted octanol–water partition coefficient (Wildman–Crippen LogP) is 3.87. The minimum Gasteiger partial charge on any atom is -0.399 e. The van der Waals surface area contributed by atoms with E-state index in [0.29, 0.717) is 23.4 Å². The number of nitrogens with zero attached hydrogens (tertiary/aromatic N) is 1. The number of benzene rings is 2. The highest BCUT2D eigenvalue weighted by atomic mass is 127. The van der Waals surface area contributed by atoms with E-state index in [0.717, 1.165) is 0 Å². The first-order chi connectivity index (χ1) is 17.4. The summed E-state index contributed by atoms with van der Waals surface area (Å²) in [6, 6.07) is 21.1. The maximum atomic E-state index is 7.42. The molecule has 4 rings (SSSR count). The van der Waals surface area contributed by atoms with Crippen LogP contribution in [-0.2, 0) is 28.2 Å². The van der Waals surface area contributed by atoms with Crippen molar-refractivity contribution in [2.75, 3.05) is 24.8 Å². The molecule has 2 bridgehead atoms. The molecule has 0 amide bonds. The number of halogens is 1. The van der Waals surface area contributed by atoms with Gasteiger partial charge in [0.05, 0.1) is 11.0 Å². The zero-order chi connectivity index (χ0) is 25.8. The third-order valence-corrected chi connectivity index (χ3v) is 12.3. The summed E-state index contributed by atoms with van der Waals surface area (Å²) in [5, 5.41) is 6.61. The van der Waals surface area contributed by atoms with Crippen LogP contribution in [0.15, 0.2) is 65.8 Å². The Morgan fingerprint density at radius 3 is 2.14 bits per heavy atom. The summed E-state index contributed by atoms with van der Waals surface area (Å²) in [7, 11) is -1.36. The predicted molar refractivity (Wildman–Crippen MR) is 151 cm³/mol. The first-order valence-electron chi connectivity index (χ1n) is 12.4. The SMILES string of the molecule is CCO[C@H](CI)O[C@H]1/C(=N/OC)[C@H](O[Si](c2ccccc2)(c2ccccc2)C(C)(C)C)[C@H]2CO[C@@H]1O2. The summed E-state index contributed by atoms with van der Waals surface area (Å²) < 4.78 is 32.6. The van der Waals surface area contributed by atoms with Gasteiger partial charge in [-0.15, -0.1) is 0 Å². The summed E-state index contributed by atoms with van der Waals surface area (Å²) in [5.74, 6) is 0. The van der Waals surface area contributed by atoms with E-state index in [1.54, 1.807) is 7.11 Å². The Balaban J connectivity index is 1.82. The lowest BCUT2D eigenvalue weighted by molar-refractivity contribution is -0.210. The number of hydrogen-bond donors (Lipinski definition) is 0. The molecule has 0 N–H and O–H groups in total. The Bertz CT molecular complexity index is 963. The van der Waals surface area contributed by atoms with Crippen molar-refractivity contribution in [3.8, 4) is 0 Å². The molecule has 0 aliphatic carbocycles. The highest BCUT2D eigenvalue weighted by molar-refractivity contribution is 14.1. The molecule has 2 aromatic carbocycles. The van der Waals surface area contributed by atoms with E-state index in [1.807, 2.05) is 19.1 Å². The van der Waals surface area contributed by atoms with Crippen LogP contribution in [0.3, 0.4) is 0 Å². The average molecular weight is 626 g/mol. The molecule has 0 aromatic heterocycles. The van der Waals surface area contributed by atoms with Crippen LogP contribution < -0.4 is 10.4 Å². The van der Waals surface area contributed by atoms with E-state index in [-0.39, 0.29) is 11.1 Å². The van der Waals surface area contributed by atoms with Gasteiger partial charge in [-0.2, -0.15) is 0 Å². The van der Waals surface area contributed by atoms with Crippen molar-refractivity contribution in [3.63, 3.8) is 0 Å². The summed E-state index contributed by atoms with van der Waals surface area (Å²) in [6.45, 7) is 9.62. The lowest BCUT2D eigenvalue weighted by atomic mass is 10.0. The lowest BCUT2D eigenvalue weighted by Crippen LogP contribution is -2.70. The van der Waals surface area contributed by atoms with Crippen LogP contribution in [0.1, 0.15) is 27.7 Å². The average Bonchev–Trinajstić information content (AvgIpc) is 3.32. The van der Waals surface area contributed by atoms with Crippen LogP contribution in [-0.4, -0.2) is 69.7 Å². The summed E-state index contributed by atoms with van der Waals surface area (Å²) in [4.78, 5) is 5.34. The molecule has 9 heteroatoms. The van der Waals surface area contributed by atoms with Crippen molar-refractivity contribution in [3.05, 3.63) is 60.7 Å². The first kappa shape index (κ1) is 27.7. The van der Waals surface area contributed by atoms with Crippen molar-refractivity contribution in [2.24, 2.45) is 5.16 Å². The summed E-state index contributed by atoms with van der Waals surface area (Å²) in [6.07, 6.45) is -2.47. The number of fused-ring (bicyclic) bond motifs is 2. The van der Waals surface area contributed by atoms with Gasteiger partial charge in [-0.1, -0.05) is 109 Å². The molecule has 2 fully saturated rings. The fraction of sp³-hybridized carbons (Fsp3) is 0.519. The normalized spacial score (nSPS) is 26.2. The van der Waals surface area contributed by atoms with E-state index in [9.17, 15) is 0 Å². The van der Waals surface area contributed by atoms with E-state index in [2.05, 4.69) is 97.0 Å². The minimum absolute atomic E-state index is 0.212. The smallest absolute Gasteiger partial charge is 0.262 e. The van der Waals surface area contributed by atoms with Gasteiger partial charge >= 0.3 is 0 Å². The molecule has 196 valence electrons. The molecule has 2 heterocycles. The molecule has 2 aromatic rings. The molecule has 7 nitrogen and oxygen atoms in total. The second-order valence-electron chi connectivity index (χ2n) is 9.87. The standard InChI is InChI=1S/C27H36INO6Si/c1-6-31-22(17-28)34-25-23(29-30-5)24(21-18-32-26(25)33-21)35-36(27(2,3)4,19-13-9-7-10-14-19)20-15-11-8-12-16-20/h7-16,21-22,24-26H,6,17-18H2,1-5H3/b29-23+/t21-,22+,24-,25+,26-/m1/s1. The van der Waals surface area contributed by atoms with Crippen LogP contribution in [0.5, 0.6) is 0 Å². The van der Waals surface area contributed by atoms with Crippen molar-refractivity contribution < 1.29 is 28.2 Å². The fourth-order valence-corrected chi connectivity index (χ4v) is 10.2. The molecule has 2 saturated heterocycles. The number of oxime groups is 1. The Kier molecular flexibility index (Phi) is 9.24. The Labute approximate surface area is 228 Å². The molecule has 0 spiro atoms. The molecular weight excluding hydrogens is 589 g/mol. The third-order valence-electron chi connectivity index (χ3n) is 6.60. The number of alkyl halides is 1. The summed E-state index contributed by atoms with van der Waals surface area (Å²) >= 11 is 2.25. The van der Waals surface area contributed by atoms with Gasteiger partial charge in [0, 0.05) is 6.61 Å². The van der Waals surface area contributed by atoms with Gasteiger partial charge in [0.25, 0.3) is 8.32 Å². The molecule has 0 saturated carbocycles. The minimum atomic E-state index is -2.90. The largest absolute Gasteiger partial charge is 0.399 e. The maximum Gasteiger partial charge on any atom is 0.262 e. The zero-order valence-electron chi connectivity index (χ0n) is 21.6. The molecule has 0 unspecified atom stereocenters. The lowest BCUT2D eigenvalue weighted by Gasteiger charge is -2.47. The molecule has 2 aliphatic heterocycles. The Hall–Kier alpha value is -1.34. The molecule has 2 aliphatic rings. The second kappa shape index (κ2) is 12.0. The highest BCUT2D eigenvalue weighted by Crippen LogP contribution is 2.40. The number of rotatable bonds is 10. The quantitative estimate of drug-likeness (QED) is 0.131. The van der Waals surface area contributed by atoms with E-state index in [1.165, 1.54) is 10.4 Å². The van der Waals surface area contributed by atoms with Crippen molar-refractivity contribution in [1.82, 2.24) is 0 Å². The van der Waals surface area contributed by atoms with Crippen LogP contribution >= 0.6 is 22.6 Å². The van der Waals surface area contributed by atoms with Crippen LogP contribution in [0, 0.1) is 0 Å². The number of hydrogen-bond acceptors (Lipinski definition) is 7. The zero-order valence-corrected chi connectivity index (χ0v) is 24.7. The Morgan fingerprint density at radius 1 is 1.03 bits per heavy atom. The van der Waals surface area contributed by atoms with E-state index < -0.39 is 33.1 Å². The second-order valence-corrected chi connectivity index (χ2v) is 15.0. The fourth-order valence-electron chi connectivity index (χ4n) is 5.08. The number of ether oxygens (including phenoxy) is 4. The molecule has 0 radical (unpaired) electrons. The van der Waals surface area contributed by atoms with Crippen LogP contribution in [0.2, 0.25) is 5.04 Å². The highest BCUT2D eigenvalue weighted by Gasteiger charge is 2.58. The van der Waals surface area contributed by atoms with E-state index in [4.69, 9.17) is 28.2 Å². The van der Waals surface area contributed by atoms with Gasteiger partial charge in [0.15, 0.2) is 18.7 Å².